The molecule has 0 spiro atoms. The van der Waals surface area contributed by atoms with Gasteiger partial charge in [-0.3, -0.25) is 14.4 Å². The first kappa shape index (κ1) is 29.3. The first-order valence-corrected chi connectivity index (χ1v) is 15.2. The third-order valence-corrected chi connectivity index (χ3v) is 8.39. The van der Waals surface area contributed by atoms with Crippen LogP contribution in [0.1, 0.15) is 43.4 Å². The Bertz CT molecular complexity index is 2080. The number of hydrogen-bond donors (Lipinski definition) is 0. The fourth-order valence-electron chi connectivity index (χ4n) is 5.84. The van der Waals surface area contributed by atoms with Crippen molar-refractivity contribution in [3.63, 3.8) is 0 Å². The Kier molecular flexibility index (Phi) is 7.72. The molecule has 7 rings (SSSR count). The molecule has 1 saturated heterocycles. The minimum Gasteiger partial charge on any atom is -0.484 e. The smallest absolute Gasteiger partial charge is 0.260 e. The van der Waals surface area contributed by atoms with Crippen molar-refractivity contribution >= 4 is 39.4 Å². The highest BCUT2D eigenvalue weighted by atomic mass is 16.5. The molecule has 0 N–H and O–H groups in total. The molecule has 46 heavy (non-hydrogen) atoms. The van der Waals surface area contributed by atoms with Gasteiger partial charge in [0.25, 0.3) is 5.91 Å². The van der Waals surface area contributed by atoms with Crippen molar-refractivity contribution in [3.05, 3.63) is 125 Å². The second-order valence-corrected chi connectivity index (χ2v) is 11.4. The number of carbonyl (C=O) groups is 3. The Morgan fingerprint density at radius 3 is 2.09 bits per heavy atom. The molecule has 1 amide bonds. The molecule has 1 aliphatic heterocycles. The van der Waals surface area contributed by atoms with Crippen molar-refractivity contribution in [1.29, 1.82) is 0 Å². The monoisotopic (exact) mass is 613 g/mol. The summed E-state index contributed by atoms with van der Waals surface area (Å²) in [6, 6.07) is 27.2. The fourth-order valence-corrected chi connectivity index (χ4v) is 5.84. The van der Waals surface area contributed by atoms with E-state index >= 15 is 0 Å². The van der Waals surface area contributed by atoms with Gasteiger partial charge >= 0.3 is 0 Å². The van der Waals surface area contributed by atoms with Gasteiger partial charge < -0.3 is 23.2 Å². The maximum absolute atomic E-state index is 14.0. The summed E-state index contributed by atoms with van der Waals surface area (Å²) in [4.78, 5) is 41.7. The summed E-state index contributed by atoms with van der Waals surface area (Å²) in [5, 5.41) is 1.40. The summed E-state index contributed by atoms with van der Waals surface area (Å²) >= 11 is 0. The molecule has 0 radical (unpaired) electrons. The third-order valence-electron chi connectivity index (χ3n) is 8.39. The van der Waals surface area contributed by atoms with Gasteiger partial charge in [0.2, 0.25) is 11.6 Å². The van der Waals surface area contributed by atoms with Gasteiger partial charge in [0.05, 0.1) is 18.6 Å². The minimum atomic E-state index is -0.321. The molecule has 0 unspecified atom stereocenters. The van der Waals surface area contributed by atoms with Gasteiger partial charge in [-0.05, 0) is 55.8 Å². The third kappa shape index (κ3) is 5.37. The van der Waals surface area contributed by atoms with Crippen LogP contribution >= 0.6 is 0 Å². The van der Waals surface area contributed by atoms with Gasteiger partial charge in [0, 0.05) is 40.7 Å². The molecular weight excluding hydrogens is 582 g/mol. The second-order valence-electron chi connectivity index (χ2n) is 11.4. The quantitative estimate of drug-likeness (QED) is 0.168. The SMILES string of the molecule is Cc1ccc(C(=O)c2oc3c(ccc4oc(C(=O)c5ccc(OCC(=O)N6CCOCC6)cc5)c(-c5ccccc5)c43)c2C)cc1. The van der Waals surface area contributed by atoms with Crippen LogP contribution in [0.15, 0.2) is 99.8 Å². The number of ketones is 2. The zero-order chi connectivity index (χ0) is 31.8. The van der Waals surface area contributed by atoms with Crippen LogP contribution in [0.5, 0.6) is 5.75 Å². The van der Waals surface area contributed by atoms with Crippen molar-refractivity contribution in [2.24, 2.45) is 0 Å². The summed E-state index contributed by atoms with van der Waals surface area (Å²) in [6.07, 6.45) is 0. The van der Waals surface area contributed by atoms with Crippen molar-refractivity contribution < 1.29 is 32.7 Å². The number of amides is 1. The maximum Gasteiger partial charge on any atom is 0.260 e. The van der Waals surface area contributed by atoms with Crippen LogP contribution in [-0.2, 0) is 9.53 Å². The highest BCUT2D eigenvalue weighted by Crippen LogP contribution is 2.42. The summed E-state index contributed by atoms with van der Waals surface area (Å²) < 4.78 is 23.6. The molecular formula is C38H31NO7. The molecule has 1 aliphatic rings. The van der Waals surface area contributed by atoms with Crippen LogP contribution < -0.4 is 4.74 Å². The minimum absolute atomic E-state index is 0.0952. The Hall–Kier alpha value is -5.47. The molecule has 0 aliphatic carbocycles. The highest BCUT2D eigenvalue weighted by molar-refractivity contribution is 6.21. The van der Waals surface area contributed by atoms with Gasteiger partial charge in [0.1, 0.15) is 16.9 Å². The summed E-state index contributed by atoms with van der Waals surface area (Å²) in [6.45, 7) is 5.88. The van der Waals surface area contributed by atoms with E-state index in [0.29, 0.717) is 65.3 Å². The summed E-state index contributed by atoms with van der Waals surface area (Å²) in [7, 11) is 0. The van der Waals surface area contributed by atoms with E-state index < -0.39 is 0 Å². The lowest BCUT2D eigenvalue weighted by atomic mass is 9.96. The molecule has 6 aromatic rings. The van der Waals surface area contributed by atoms with Crippen LogP contribution in [0.25, 0.3) is 33.1 Å². The average Bonchev–Trinajstić information content (AvgIpc) is 3.66. The van der Waals surface area contributed by atoms with Gasteiger partial charge in [0.15, 0.2) is 18.1 Å². The van der Waals surface area contributed by atoms with E-state index in [9.17, 15) is 14.4 Å². The van der Waals surface area contributed by atoms with E-state index in [2.05, 4.69) is 0 Å². The summed E-state index contributed by atoms with van der Waals surface area (Å²) in [5.41, 5.74) is 5.03. The van der Waals surface area contributed by atoms with E-state index in [0.717, 1.165) is 22.1 Å². The first-order chi connectivity index (χ1) is 22.4. The van der Waals surface area contributed by atoms with Crippen molar-refractivity contribution in [1.82, 2.24) is 4.90 Å². The Labute approximate surface area is 265 Å². The number of carbonyl (C=O) groups excluding carboxylic acids is 3. The Morgan fingerprint density at radius 1 is 0.739 bits per heavy atom. The molecule has 0 bridgehead atoms. The number of nitrogens with zero attached hydrogens (tertiary/aromatic N) is 1. The van der Waals surface area contributed by atoms with Gasteiger partial charge in [-0.25, -0.2) is 0 Å². The van der Waals surface area contributed by atoms with Gasteiger partial charge in [-0.1, -0.05) is 60.2 Å². The number of fused-ring (bicyclic) bond motifs is 3. The van der Waals surface area contributed by atoms with Crippen molar-refractivity contribution in [2.75, 3.05) is 32.9 Å². The molecule has 0 atom stereocenters. The van der Waals surface area contributed by atoms with Crippen LogP contribution in [0.4, 0.5) is 0 Å². The Balaban J connectivity index is 1.25. The van der Waals surface area contributed by atoms with Crippen LogP contribution in [0.3, 0.4) is 0 Å². The molecule has 2 aromatic heterocycles. The van der Waals surface area contributed by atoms with E-state index in [4.69, 9.17) is 18.3 Å². The van der Waals surface area contributed by atoms with E-state index in [1.165, 1.54) is 0 Å². The number of ether oxygens (including phenoxy) is 2. The van der Waals surface area contributed by atoms with E-state index in [1.54, 1.807) is 41.3 Å². The molecule has 1 fully saturated rings. The topological polar surface area (TPSA) is 99.2 Å². The molecule has 230 valence electrons. The van der Waals surface area contributed by atoms with Gasteiger partial charge in [-0.2, -0.15) is 0 Å². The molecule has 8 heteroatoms. The van der Waals surface area contributed by atoms with E-state index in [1.807, 2.05) is 68.4 Å². The van der Waals surface area contributed by atoms with Crippen LogP contribution in [0.2, 0.25) is 0 Å². The molecule has 3 heterocycles. The largest absolute Gasteiger partial charge is 0.484 e. The average molecular weight is 614 g/mol. The predicted octanol–water partition coefficient (Wildman–Crippen LogP) is 7.16. The lowest BCUT2D eigenvalue weighted by Gasteiger charge is -2.26. The lowest BCUT2D eigenvalue weighted by Crippen LogP contribution is -2.42. The number of benzene rings is 4. The maximum atomic E-state index is 14.0. The lowest BCUT2D eigenvalue weighted by molar-refractivity contribution is -0.137. The number of furan rings is 2. The zero-order valence-electron chi connectivity index (χ0n) is 25.5. The normalized spacial score (nSPS) is 13.3. The number of rotatable bonds is 8. The molecule has 0 saturated carbocycles. The zero-order valence-corrected chi connectivity index (χ0v) is 25.5. The molecule has 4 aromatic carbocycles. The predicted molar refractivity (Wildman–Crippen MR) is 174 cm³/mol. The standard InChI is InChI=1S/C38H31NO7/c1-23-8-10-26(11-9-23)34(41)36-24(2)29-16-17-30-33(37(29)46-36)32(25-6-4-3-5-7-25)38(45-30)35(42)27-12-14-28(15-13-27)44-22-31(40)39-18-20-43-21-19-39/h3-17H,18-22H2,1-2H3. The number of hydrogen-bond acceptors (Lipinski definition) is 7. The fraction of sp³-hybridized carbons (Fsp3) is 0.184. The van der Waals surface area contributed by atoms with Crippen LogP contribution in [0, 0.1) is 13.8 Å². The van der Waals surface area contributed by atoms with Gasteiger partial charge in [-0.15, -0.1) is 0 Å². The van der Waals surface area contributed by atoms with Crippen LogP contribution in [-0.4, -0.2) is 55.3 Å². The highest BCUT2D eigenvalue weighted by Gasteiger charge is 2.28. The second kappa shape index (κ2) is 12.1. The number of morpholine rings is 1. The summed E-state index contributed by atoms with van der Waals surface area (Å²) in [5.74, 6) is 0.244. The van der Waals surface area contributed by atoms with Crippen molar-refractivity contribution in [3.8, 4) is 16.9 Å². The van der Waals surface area contributed by atoms with Crippen molar-refractivity contribution in [2.45, 2.75) is 13.8 Å². The Morgan fingerprint density at radius 2 is 1.39 bits per heavy atom. The first-order valence-electron chi connectivity index (χ1n) is 15.2. The van der Waals surface area contributed by atoms with E-state index in [-0.39, 0.29) is 35.6 Å². The molecule has 8 nitrogen and oxygen atoms in total. The number of aryl methyl sites for hydroxylation is 2.